The van der Waals surface area contributed by atoms with Gasteiger partial charge in [0.1, 0.15) is 5.25 Å². The molecular formula is C12H15ClO2S. The molecule has 0 aliphatic rings. The number of rotatable bonds is 5. The number of hydrogen-bond donors (Lipinski definition) is 0. The quantitative estimate of drug-likeness (QED) is 0.594. The molecule has 1 rings (SSSR count). The first-order valence-electron chi connectivity index (χ1n) is 5.26. The highest BCUT2D eigenvalue weighted by Gasteiger charge is 2.18. The van der Waals surface area contributed by atoms with Crippen molar-refractivity contribution in [2.24, 2.45) is 0 Å². The van der Waals surface area contributed by atoms with Gasteiger partial charge in [-0.05, 0) is 31.5 Å². The number of ether oxygens (including phenoxy) is 1. The van der Waals surface area contributed by atoms with E-state index in [0.717, 1.165) is 11.3 Å². The van der Waals surface area contributed by atoms with Crippen LogP contribution in [0.4, 0.5) is 0 Å². The van der Waals surface area contributed by atoms with Crippen LogP contribution >= 0.6 is 23.4 Å². The summed E-state index contributed by atoms with van der Waals surface area (Å²) in [6.07, 6.45) is 0.746. The highest BCUT2D eigenvalue weighted by Crippen LogP contribution is 2.28. The average molecular weight is 259 g/mol. The predicted molar refractivity (Wildman–Crippen MR) is 68.0 cm³/mol. The first kappa shape index (κ1) is 13.4. The fourth-order valence-corrected chi connectivity index (χ4v) is 2.50. The molecule has 0 amide bonds. The molecule has 0 aromatic heterocycles. The van der Waals surface area contributed by atoms with Crippen LogP contribution in [-0.4, -0.2) is 17.8 Å². The summed E-state index contributed by atoms with van der Waals surface area (Å²) in [4.78, 5) is 12.6. The Morgan fingerprint density at radius 3 is 2.81 bits per heavy atom. The lowest BCUT2D eigenvalue weighted by Crippen LogP contribution is -2.19. The lowest BCUT2D eigenvalue weighted by molar-refractivity contribution is -0.142. The Morgan fingerprint density at radius 1 is 1.50 bits per heavy atom. The van der Waals surface area contributed by atoms with Gasteiger partial charge in [-0.15, -0.1) is 11.8 Å². The number of thioether (sulfide) groups is 1. The van der Waals surface area contributed by atoms with E-state index in [1.807, 2.05) is 38.1 Å². The molecule has 88 valence electrons. The smallest absolute Gasteiger partial charge is 0.319 e. The Balaban J connectivity index is 2.66. The molecule has 1 atom stereocenters. The SMILES string of the molecule is CCOC(=O)C(CC)Sc1cccc(Cl)c1. The fraction of sp³-hybridized carbons (Fsp3) is 0.417. The highest BCUT2D eigenvalue weighted by atomic mass is 35.5. The van der Waals surface area contributed by atoms with Crippen LogP contribution in [0.15, 0.2) is 29.2 Å². The molecule has 0 radical (unpaired) electrons. The van der Waals surface area contributed by atoms with E-state index in [1.165, 1.54) is 11.8 Å². The van der Waals surface area contributed by atoms with Crippen LogP contribution in [0.3, 0.4) is 0 Å². The van der Waals surface area contributed by atoms with Crippen LogP contribution in [0.1, 0.15) is 20.3 Å². The Morgan fingerprint density at radius 2 is 2.25 bits per heavy atom. The molecule has 2 nitrogen and oxygen atoms in total. The summed E-state index contributed by atoms with van der Waals surface area (Å²) in [5.41, 5.74) is 0. The van der Waals surface area contributed by atoms with Crippen LogP contribution in [0.5, 0.6) is 0 Å². The van der Waals surface area contributed by atoms with Gasteiger partial charge in [-0.2, -0.15) is 0 Å². The zero-order valence-electron chi connectivity index (χ0n) is 9.40. The van der Waals surface area contributed by atoms with Crippen molar-refractivity contribution >= 4 is 29.3 Å². The molecule has 0 heterocycles. The van der Waals surface area contributed by atoms with Crippen molar-refractivity contribution in [2.45, 2.75) is 30.4 Å². The third-order valence-corrected chi connectivity index (χ3v) is 3.57. The maximum absolute atomic E-state index is 11.6. The Hall–Kier alpha value is -0.670. The Kier molecular flexibility index (Phi) is 5.71. The molecule has 0 saturated heterocycles. The summed E-state index contributed by atoms with van der Waals surface area (Å²) < 4.78 is 5.00. The molecule has 4 heteroatoms. The second-order valence-corrected chi connectivity index (χ2v) is 4.94. The average Bonchev–Trinajstić information content (AvgIpc) is 2.26. The zero-order chi connectivity index (χ0) is 12.0. The maximum Gasteiger partial charge on any atom is 0.319 e. The first-order chi connectivity index (χ1) is 7.67. The summed E-state index contributed by atoms with van der Waals surface area (Å²) >= 11 is 7.37. The van der Waals surface area contributed by atoms with E-state index in [1.54, 1.807) is 0 Å². The molecule has 16 heavy (non-hydrogen) atoms. The van der Waals surface area contributed by atoms with E-state index in [4.69, 9.17) is 16.3 Å². The molecule has 0 bridgehead atoms. The van der Waals surface area contributed by atoms with Crippen molar-refractivity contribution in [1.82, 2.24) is 0 Å². The van der Waals surface area contributed by atoms with Crippen molar-refractivity contribution in [3.05, 3.63) is 29.3 Å². The van der Waals surface area contributed by atoms with Crippen molar-refractivity contribution in [3.8, 4) is 0 Å². The molecule has 0 spiro atoms. The third kappa shape index (κ3) is 4.06. The fourth-order valence-electron chi connectivity index (χ4n) is 1.24. The van der Waals surface area contributed by atoms with Crippen LogP contribution in [0, 0.1) is 0 Å². The summed E-state index contributed by atoms with van der Waals surface area (Å²) in [5.74, 6) is -0.157. The summed E-state index contributed by atoms with van der Waals surface area (Å²) in [5, 5.41) is 0.530. The van der Waals surface area contributed by atoms with Gasteiger partial charge in [0.15, 0.2) is 0 Å². The maximum atomic E-state index is 11.6. The van der Waals surface area contributed by atoms with Gasteiger partial charge in [-0.3, -0.25) is 4.79 Å². The van der Waals surface area contributed by atoms with E-state index in [0.29, 0.717) is 11.6 Å². The topological polar surface area (TPSA) is 26.3 Å². The number of carbonyl (C=O) groups excluding carboxylic acids is 1. The van der Waals surface area contributed by atoms with Gasteiger partial charge >= 0.3 is 5.97 Å². The molecule has 1 unspecified atom stereocenters. The molecule has 0 fully saturated rings. The van der Waals surface area contributed by atoms with E-state index < -0.39 is 0 Å². The van der Waals surface area contributed by atoms with Gasteiger partial charge in [-0.25, -0.2) is 0 Å². The number of hydrogen-bond acceptors (Lipinski definition) is 3. The Bertz CT molecular complexity index is 355. The van der Waals surface area contributed by atoms with Gasteiger partial charge in [0.25, 0.3) is 0 Å². The van der Waals surface area contributed by atoms with Crippen molar-refractivity contribution < 1.29 is 9.53 Å². The number of esters is 1. The zero-order valence-corrected chi connectivity index (χ0v) is 11.0. The first-order valence-corrected chi connectivity index (χ1v) is 6.52. The predicted octanol–water partition coefficient (Wildman–Crippen LogP) is 3.77. The minimum absolute atomic E-state index is 0.154. The number of carbonyl (C=O) groups is 1. The minimum Gasteiger partial charge on any atom is -0.465 e. The number of halogens is 1. The van der Waals surface area contributed by atoms with Crippen LogP contribution in [0.25, 0.3) is 0 Å². The molecule has 0 aliphatic heterocycles. The van der Waals surface area contributed by atoms with Crippen LogP contribution in [-0.2, 0) is 9.53 Å². The Labute approximate surface area is 105 Å². The highest BCUT2D eigenvalue weighted by molar-refractivity contribution is 8.00. The van der Waals surface area contributed by atoms with E-state index >= 15 is 0 Å². The lowest BCUT2D eigenvalue weighted by atomic mass is 10.3. The van der Waals surface area contributed by atoms with E-state index in [9.17, 15) is 4.79 Å². The second-order valence-electron chi connectivity index (χ2n) is 3.22. The van der Waals surface area contributed by atoms with Gasteiger partial charge in [0, 0.05) is 9.92 Å². The normalized spacial score (nSPS) is 12.2. The van der Waals surface area contributed by atoms with Crippen LogP contribution < -0.4 is 0 Å². The molecule has 0 aliphatic carbocycles. The monoisotopic (exact) mass is 258 g/mol. The standard InChI is InChI=1S/C12H15ClO2S/c1-3-11(12(14)15-4-2)16-10-7-5-6-9(13)8-10/h5-8,11H,3-4H2,1-2H3. The second kappa shape index (κ2) is 6.81. The largest absolute Gasteiger partial charge is 0.465 e. The molecular weight excluding hydrogens is 244 g/mol. The summed E-state index contributed by atoms with van der Waals surface area (Å²) in [6, 6.07) is 7.49. The third-order valence-electron chi connectivity index (χ3n) is 1.99. The minimum atomic E-state index is -0.157. The van der Waals surface area contributed by atoms with Crippen molar-refractivity contribution in [1.29, 1.82) is 0 Å². The molecule has 1 aromatic rings. The van der Waals surface area contributed by atoms with Gasteiger partial charge in [0.2, 0.25) is 0 Å². The van der Waals surface area contributed by atoms with Gasteiger partial charge in [-0.1, -0.05) is 24.6 Å². The van der Waals surface area contributed by atoms with Crippen LogP contribution in [0.2, 0.25) is 5.02 Å². The van der Waals surface area contributed by atoms with Crippen molar-refractivity contribution in [2.75, 3.05) is 6.61 Å². The summed E-state index contributed by atoms with van der Waals surface area (Å²) in [7, 11) is 0. The summed E-state index contributed by atoms with van der Waals surface area (Å²) in [6.45, 7) is 4.21. The molecule has 0 N–H and O–H groups in total. The van der Waals surface area contributed by atoms with E-state index in [-0.39, 0.29) is 11.2 Å². The number of benzene rings is 1. The van der Waals surface area contributed by atoms with Crippen molar-refractivity contribution in [3.63, 3.8) is 0 Å². The van der Waals surface area contributed by atoms with Gasteiger partial charge in [0.05, 0.1) is 6.61 Å². The molecule has 0 saturated carbocycles. The van der Waals surface area contributed by atoms with E-state index in [2.05, 4.69) is 0 Å². The van der Waals surface area contributed by atoms with Gasteiger partial charge < -0.3 is 4.74 Å². The lowest BCUT2D eigenvalue weighted by Gasteiger charge is -2.12. The molecule has 1 aromatic carbocycles.